The molecular formula is C36H40ClN3O3S. The Labute approximate surface area is 268 Å². The van der Waals surface area contributed by atoms with Crippen LogP contribution in [0.1, 0.15) is 88.6 Å². The molecule has 0 aliphatic heterocycles. The summed E-state index contributed by atoms with van der Waals surface area (Å²) in [4.78, 5) is 18.6. The predicted molar refractivity (Wildman–Crippen MR) is 181 cm³/mol. The lowest BCUT2D eigenvalue weighted by atomic mass is 9.86. The van der Waals surface area contributed by atoms with Crippen LogP contribution in [0.5, 0.6) is 0 Å². The quantitative estimate of drug-likeness (QED) is 0.168. The van der Waals surface area contributed by atoms with Gasteiger partial charge >= 0.3 is 5.97 Å². The molecule has 0 N–H and O–H groups in total. The first kappa shape index (κ1) is 30.8. The maximum atomic E-state index is 13.5. The molecule has 1 aliphatic carbocycles. The number of carbonyl (C=O) groups excluding carboxylic acids is 1. The van der Waals surface area contributed by atoms with Gasteiger partial charge in [0.15, 0.2) is 6.10 Å². The molecule has 44 heavy (non-hydrogen) atoms. The van der Waals surface area contributed by atoms with E-state index in [0.717, 1.165) is 48.6 Å². The number of esters is 1. The number of carbonyl (C=O) groups is 1. The molecule has 2 heterocycles. The maximum Gasteiger partial charge on any atom is 0.339 e. The van der Waals surface area contributed by atoms with Gasteiger partial charge in [0, 0.05) is 40.1 Å². The van der Waals surface area contributed by atoms with Gasteiger partial charge in [0.25, 0.3) is 0 Å². The highest BCUT2D eigenvalue weighted by Crippen LogP contribution is 2.45. The van der Waals surface area contributed by atoms with Gasteiger partial charge in [0.1, 0.15) is 5.01 Å². The van der Waals surface area contributed by atoms with E-state index < -0.39 is 17.7 Å². The molecule has 0 unspecified atom stereocenters. The van der Waals surface area contributed by atoms with Crippen LogP contribution in [0.4, 0.5) is 0 Å². The van der Waals surface area contributed by atoms with Crippen molar-refractivity contribution >= 4 is 50.0 Å². The SMILES string of the molecule is CCOC(=O)[C@@H](OC(C)(C)C)c1c(C)cc2nc(-c3ccc4c(c3)c(C3CCCCC3)nn4C)sc2c1-c1ccc(Cl)cc1. The van der Waals surface area contributed by atoms with Crippen molar-refractivity contribution in [2.75, 3.05) is 6.61 Å². The summed E-state index contributed by atoms with van der Waals surface area (Å²) in [6.07, 6.45) is 5.33. The lowest BCUT2D eigenvalue weighted by Gasteiger charge is -2.29. The number of fused-ring (bicyclic) bond motifs is 2. The minimum atomic E-state index is -0.902. The largest absolute Gasteiger partial charge is 0.464 e. The van der Waals surface area contributed by atoms with Crippen LogP contribution in [0, 0.1) is 6.92 Å². The van der Waals surface area contributed by atoms with Gasteiger partial charge < -0.3 is 9.47 Å². The molecule has 0 spiro atoms. The molecule has 0 radical (unpaired) electrons. The average Bonchev–Trinajstić information content (AvgIpc) is 3.56. The lowest BCUT2D eigenvalue weighted by Crippen LogP contribution is -2.29. The molecular weight excluding hydrogens is 590 g/mol. The zero-order chi connectivity index (χ0) is 31.2. The molecule has 6 rings (SSSR count). The fraction of sp³-hybridized carbons (Fsp3) is 0.417. The monoisotopic (exact) mass is 629 g/mol. The van der Waals surface area contributed by atoms with Gasteiger partial charge in [0.05, 0.1) is 33.6 Å². The fourth-order valence-electron chi connectivity index (χ4n) is 6.48. The molecule has 0 bridgehead atoms. The Morgan fingerprint density at radius 1 is 1.07 bits per heavy atom. The van der Waals surface area contributed by atoms with Crippen LogP contribution >= 0.6 is 22.9 Å². The normalized spacial score (nSPS) is 15.2. The Kier molecular flexibility index (Phi) is 8.57. The summed E-state index contributed by atoms with van der Waals surface area (Å²) in [6, 6.07) is 16.4. The number of benzene rings is 3. The van der Waals surface area contributed by atoms with Crippen molar-refractivity contribution in [1.29, 1.82) is 0 Å². The second-order valence-electron chi connectivity index (χ2n) is 12.8. The summed E-state index contributed by atoms with van der Waals surface area (Å²) in [6.45, 7) is 9.97. The Hall–Kier alpha value is -3.26. The van der Waals surface area contributed by atoms with Crippen LogP contribution in [0.25, 0.3) is 42.8 Å². The van der Waals surface area contributed by atoms with E-state index >= 15 is 0 Å². The van der Waals surface area contributed by atoms with Crippen molar-refractivity contribution in [3.63, 3.8) is 0 Å². The Morgan fingerprint density at radius 3 is 2.45 bits per heavy atom. The van der Waals surface area contributed by atoms with Crippen molar-refractivity contribution in [2.45, 2.75) is 84.3 Å². The first-order chi connectivity index (χ1) is 21.0. The van der Waals surface area contributed by atoms with Crippen molar-refractivity contribution in [1.82, 2.24) is 14.8 Å². The highest BCUT2D eigenvalue weighted by atomic mass is 35.5. The number of hydrogen-bond acceptors (Lipinski definition) is 6. The van der Waals surface area contributed by atoms with Gasteiger partial charge in [0.2, 0.25) is 0 Å². The molecule has 0 saturated heterocycles. The van der Waals surface area contributed by atoms with E-state index in [4.69, 9.17) is 31.2 Å². The molecule has 2 aromatic heterocycles. The van der Waals surface area contributed by atoms with E-state index in [1.54, 1.807) is 11.3 Å². The van der Waals surface area contributed by atoms with Crippen molar-refractivity contribution in [2.24, 2.45) is 7.05 Å². The number of ether oxygens (including phenoxy) is 2. The molecule has 1 aliphatic rings. The summed E-state index contributed by atoms with van der Waals surface area (Å²) < 4.78 is 15.0. The Bertz CT molecular complexity index is 1830. The molecule has 1 fully saturated rings. The molecule has 1 saturated carbocycles. The number of halogens is 1. The summed E-state index contributed by atoms with van der Waals surface area (Å²) >= 11 is 7.95. The van der Waals surface area contributed by atoms with Gasteiger partial charge in [-0.1, -0.05) is 43.0 Å². The van der Waals surface area contributed by atoms with E-state index in [9.17, 15) is 4.79 Å². The number of nitrogens with zero attached hydrogens (tertiary/aromatic N) is 3. The average molecular weight is 630 g/mol. The number of rotatable bonds is 7. The smallest absolute Gasteiger partial charge is 0.339 e. The second-order valence-corrected chi connectivity index (χ2v) is 14.2. The van der Waals surface area contributed by atoms with Gasteiger partial charge in [-0.25, -0.2) is 9.78 Å². The van der Waals surface area contributed by atoms with E-state index in [-0.39, 0.29) is 6.61 Å². The molecule has 230 valence electrons. The topological polar surface area (TPSA) is 66.2 Å². The van der Waals surface area contributed by atoms with Gasteiger partial charge in [-0.05, 0) is 95.0 Å². The minimum Gasteiger partial charge on any atom is -0.464 e. The third-order valence-corrected chi connectivity index (χ3v) is 9.80. The van der Waals surface area contributed by atoms with E-state index in [1.807, 2.05) is 70.6 Å². The molecule has 5 aromatic rings. The number of thiazole rings is 1. The van der Waals surface area contributed by atoms with Crippen LogP contribution in [-0.4, -0.2) is 32.9 Å². The van der Waals surface area contributed by atoms with Gasteiger partial charge in [-0.3, -0.25) is 4.68 Å². The first-order valence-electron chi connectivity index (χ1n) is 15.6. The van der Waals surface area contributed by atoms with Crippen molar-refractivity contribution in [3.05, 3.63) is 70.4 Å². The maximum absolute atomic E-state index is 13.5. The fourth-order valence-corrected chi connectivity index (χ4v) is 7.72. The van der Waals surface area contributed by atoms with Crippen LogP contribution in [0.2, 0.25) is 5.02 Å². The minimum absolute atomic E-state index is 0.269. The lowest BCUT2D eigenvalue weighted by molar-refractivity contribution is -0.166. The molecule has 6 nitrogen and oxygen atoms in total. The zero-order valence-electron chi connectivity index (χ0n) is 26.4. The summed E-state index contributed by atoms with van der Waals surface area (Å²) in [5.74, 6) is 0.101. The number of hydrogen-bond donors (Lipinski definition) is 0. The highest BCUT2D eigenvalue weighted by Gasteiger charge is 2.33. The summed E-state index contributed by atoms with van der Waals surface area (Å²) in [7, 11) is 2.04. The third kappa shape index (κ3) is 6.02. The highest BCUT2D eigenvalue weighted by molar-refractivity contribution is 7.22. The van der Waals surface area contributed by atoms with E-state index in [0.29, 0.717) is 10.9 Å². The van der Waals surface area contributed by atoms with E-state index in [2.05, 4.69) is 24.3 Å². The molecule has 1 atom stereocenters. The Morgan fingerprint density at radius 2 is 1.77 bits per heavy atom. The zero-order valence-corrected chi connectivity index (χ0v) is 27.9. The van der Waals surface area contributed by atoms with Crippen LogP contribution in [0.3, 0.4) is 0 Å². The molecule has 3 aromatic carbocycles. The van der Waals surface area contributed by atoms with Crippen molar-refractivity contribution < 1.29 is 14.3 Å². The van der Waals surface area contributed by atoms with Crippen LogP contribution in [-0.2, 0) is 21.3 Å². The second kappa shape index (κ2) is 12.3. The van der Waals surface area contributed by atoms with E-state index in [1.165, 1.54) is 43.2 Å². The molecule has 8 heteroatoms. The van der Waals surface area contributed by atoms with Crippen LogP contribution < -0.4 is 0 Å². The summed E-state index contributed by atoms with van der Waals surface area (Å²) in [5, 5.41) is 7.78. The standard InChI is InChI=1S/C36H40ClN3O3S/c1-7-42-35(41)32(43-36(3,4)5)29-21(2)19-27-33(30(29)22-13-16-25(37)17-14-22)44-34(38-27)24-15-18-28-26(20-24)31(39-40(28)6)23-11-9-8-10-12-23/h13-20,23,32H,7-12H2,1-6H3/t32-/m0/s1. The first-order valence-corrected chi connectivity index (χ1v) is 16.7. The summed E-state index contributed by atoms with van der Waals surface area (Å²) in [5.41, 5.74) is 7.31. The predicted octanol–water partition coefficient (Wildman–Crippen LogP) is 9.95. The third-order valence-electron chi connectivity index (χ3n) is 8.41. The van der Waals surface area contributed by atoms with Gasteiger partial charge in [-0.15, -0.1) is 11.3 Å². The Balaban J connectivity index is 1.55. The van der Waals surface area contributed by atoms with Gasteiger partial charge in [-0.2, -0.15) is 5.10 Å². The van der Waals surface area contributed by atoms with Crippen molar-refractivity contribution in [3.8, 4) is 21.7 Å². The van der Waals surface area contributed by atoms with Crippen LogP contribution in [0.15, 0.2) is 48.5 Å². The molecule has 0 amide bonds. The number of aromatic nitrogens is 3. The number of aryl methyl sites for hydroxylation is 2.